The summed E-state index contributed by atoms with van der Waals surface area (Å²) in [5.74, 6) is -0.113. The molecule has 0 radical (unpaired) electrons. The number of para-hydroxylation sites is 1. The van der Waals surface area contributed by atoms with Crippen molar-refractivity contribution in [3.63, 3.8) is 0 Å². The summed E-state index contributed by atoms with van der Waals surface area (Å²) in [6, 6.07) is 7.41. The summed E-state index contributed by atoms with van der Waals surface area (Å²) in [4.78, 5) is 30.0. The van der Waals surface area contributed by atoms with Crippen molar-refractivity contribution in [1.82, 2.24) is 15.1 Å². The molecule has 1 heterocycles. The number of carbonyl (C=O) groups excluding carboxylic acids is 2. The van der Waals surface area contributed by atoms with Crippen LogP contribution in [0.3, 0.4) is 0 Å². The average molecular weight is 318 g/mol. The van der Waals surface area contributed by atoms with Gasteiger partial charge in [-0.3, -0.25) is 4.79 Å². The Morgan fingerprint density at radius 2 is 1.96 bits per heavy atom. The van der Waals surface area contributed by atoms with Gasteiger partial charge < -0.3 is 20.0 Å². The van der Waals surface area contributed by atoms with Crippen molar-refractivity contribution in [3.8, 4) is 0 Å². The van der Waals surface area contributed by atoms with Crippen LogP contribution in [-0.4, -0.2) is 61.5 Å². The zero-order valence-electron chi connectivity index (χ0n) is 14.5. The summed E-state index contributed by atoms with van der Waals surface area (Å²) in [7, 11) is 5.41. The quantitative estimate of drug-likeness (QED) is 0.899. The Balaban J connectivity index is 2.15. The molecule has 0 aromatic heterocycles. The maximum Gasteiger partial charge on any atom is 0.318 e. The highest BCUT2D eigenvalue weighted by Gasteiger charge is 2.28. The Bertz CT molecular complexity index is 588. The number of fused-ring (bicyclic) bond motifs is 1. The van der Waals surface area contributed by atoms with Crippen molar-refractivity contribution in [2.24, 2.45) is 0 Å². The first-order valence-corrected chi connectivity index (χ1v) is 7.88. The summed E-state index contributed by atoms with van der Waals surface area (Å²) in [6.45, 7) is 5.03. The number of hydrogen-bond acceptors (Lipinski definition) is 3. The molecule has 1 aromatic carbocycles. The molecule has 0 bridgehead atoms. The Morgan fingerprint density at radius 1 is 1.30 bits per heavy atom. The van der Waals surface area contributed by atoms with E-state index in [0.717, 1.165) is 17.8 Å². The summed E-state index contributed by atoms with van der Waals surface area (Å²) >= 11 is 0. The molecule has 0 saturated heterocycles. The van der Waals surface area contributed by atoms with E-state index in [9.17, 15) is 9.59 Å². The zero-order valence-corrected chi connectivity index (χ0v) is 14.5. The maximum absolute atomic E-state index is 12.6. The molecule has 3 amide bonds. The molecule has 23 heavy (non-hydrogen) atoms. The van der Waals surface area contributed by atoms with Gasteiger partial charge in [0.2, 0.25) is 5.91 Å². The van der Waals surface area contributed by atoms with E-state index in [2.05, 4.69) is 16.3 Å². The number of benzene rings is 1. The number of anilines is 1. The monoisotopic (exact) mass is 318 g/mol. The summed E-state index contributed by atoms with van der Waals surface area (Å²) in [6.07, 6.45) is 0. The number of rotatable bonds is 2. The largest absolute Gasteiger partial charge is 0.372 e. The van der Waals surface area contributed by atoms with Crippen LogP contribution < -0.4 is 10.2 Å². The van der Waals surface area contributed by atoms with Gasteiger partial charge in [-0.1, -0.05) is 18.2 Å². The lowest BCUT2D eigenvalue weighted by atomic mass is 10.1. The van der Waals surface area contributed by atoms with Gasteiger partial charge in [0.25, 0.3) is 0 Å². The van der Waals surface area contributed by atoms with E-state index in [1.807, 2.05) is 32.2 Å². The van der Waals surface area contributed by atoms with Crippen molar-refractivity contribution in [1.29, 1.82) is 0 Å². The summed E-state index contributed by atoms with van der Waals surface area (Å²) < 4.78 is 0. The molecule has 0 aliphatic carbocycles. The molecule has 1 aliphatic rings. The predicted octanol–water partition coefficient (Wildman–Crippen LogP) is 1.51. The van der Waals surface area contributed by atoms with Crippen molar-refractivity contribution >= 4 is 17.6 Å². The topological polar surface area (TPSA) is 55.9 Å². The number of nitrogens with one attached hydrogen (secondary N) is 1. The van der Waals surface area contributed by atoms with Gasteiger partial charge in [0.15, 0.2) is 0 Å². The molecule has 0 fully saturated rings. The maximum atomic E-state index is 12.6. The van der Waals surface area contributed by atoms with E-state index >= 15 is 0 Å². The average Bonchev–Trinajstić information content (AvgIpc) is 2.63. The molecular weight excluding hydrogens is 292 g/mol. The zero-order chi connectivity index (χ0) is 17.1. The number of hydrogen-bond donors (Lipinski definition) is 1. The fourth-order valence-electron chi connectivity index (χ4n) is 2.94. The molecule has 0 unspecified atom stereocenters. The van der Waals surface area contributed by atoms with Crippen LogP contribution in [0.15, 0.2) is 24.3 Å². The smallest absolute Gasteiger partial charge is 0.318 e. The van der Waals surface area contributed by atoms with Crippen molar-refractivity contribution < 1.29 is 9.59 Å². The predicted molar refractivity (Wildman–Crippen MR) is 91.4 cm³/mol. The molecule has 2 atom stereocenters. The number of carbonyl (C=O) groups is 2. The van der Waals surface area contributed by atoms with Crippen LogP contribution in [0.5, 0.6) is 0 Å². The second-order valence-electron chi connectivity index (χ2n) is 6.39. The first-order chi connectivity index (χ1) is 10.8. The highest BCUT2D eigenvalue weighted by molar-refractivity contribution is 5.86. The Labute approximate surface area is 138 Å². The molecule has 1 aliphatic heterocycles. The van der Waals surface area contributed by atoms with Crippen LogP contribution in [0.4, 0.5) is 10.5 Å². The van der Waals surface area contributed by atoms with Crippen LogP contribution in [-0.2, 0) is 11.3 Å². The van der Waals surface area contributed by atoms with E-state index in [4.69, 9.17) is 0 Å². The standard InChI is InChI=1S/C17H26N4O2/c1-12-10-20(5)15-9-7-6-8-14(15)11-21(12)17(23)18-13(2)16(22)19(3)4/h6-9,12-13H,10-11H2,1-5H3,(H,18,23)/t12-,13-/m1/s1. The van der Waals surface area contributed by atoms with Crippen molar-refractivity contribution in [2.45, 2.75) is 32.5 Å². The van der Waals surface area contributed by atoms with Gasteiger partial charge >= 0.3 is 6.03 Å². The Morgan fingerprint density at radius 3 is 2.61 bits per heavy atom. The summed E-state index contributed by atoms with van der Waals surface area (Å²) in [5.41, 5.74) is 2.26. The lowest BCUT2D eigenvalue weighted by Crippen LogP contribution is -2.52. The Hall–Kier alpha value is -2.24. The fraction of sp³-hybridized carbons (Fsp3) is 0.529. The normalized spacial score (nSPS) is 18.7. The van der Waals surface area contributed by atoms with Crippen molar-refractivity contribution in [3.05, 3.63) is 29.8 Å². The number of likely N-dealkylation sites (N-methyl/N-ethyl adjacent to an activating group) is 2. The number of urea groups is 1. The highest BCUT2D eigenvalue weighted by atomic mass is 16.2. The molecule has 126 valence electrons. The van der Waals surface area contributed by atoms with E-state index in [0.29, 0.717) is 6.54 Å². The van der Waals surface area contributed by atoms with Crippen molar-refractivity contribution in [2.75, 3.05) is 32.6 Å². The Kier molecular flexibility index (Phi) is 5.13. The third-order valence-electron chi connectivity index (χ3n) is 4.23. The van der Waals surface area contributed by atoms with Gasteiger partial charge in [-0.05, 0) is 25.5 Å². The first-order valence-electron chi connectivity index (χ1n) is 7.88. The molecular formula is C17H26N4O2. The minimum absolute atomic E-state index is 0.0501. The molecule has 2 rings (SSSR count). The van der Waals surface area contributed by atoms with Crippen LogP contribution in [0, 0.1) is 0 Å². The van der Waals surface area contributed by atoms with E-state index < -0.39 is 6.04 Å². The molecule has 0 saturated carbocycles. The second kappa shape index (κ2) is 6.89. The van der Waals surface area contributed by atoms with Crippen LogP contribution >= 0.6 is 0 Å². The molecule has 6 heteroatoms. The van der Waals surface area contributed by atoms with E-state index in [1.54, 1.807) is 25.9 Å². The third-order valence-corrected chi connectivity index (χ3v) is 4.23. The van der Waals surface area contributed by atoms with Crippen LogP contribution in [0.2, 0.25) is 0 Å². The number of nitrogens with zero attached hydrogens (tertiary/aromatic N) is 3. The van der Waals surface area contributed by atoms with E-state index in [-0.39, 0.29) is 18.0 Å². The number of amides is 3. The highest BCUT2D eigenvalue weighted by Crippen LogP contribution is 2.25. The fourth-order valence-corrected chi connectivity index (χ4v) is 2.94. The minimum Gasteiger partial charge on any atom is -0.372 e. The third kappa shape index (κ3) is 3.75. The first kappa shape index (κ1) is 17.1. The van der Waals surface area contributed by atoms with Gasteiger partial charge in [-0.25, -0.2) is 4.79 Å². The van der Waals surface area contributed by atoms with Crippen LogP contribution in [0.1, 0.15) is 19.4 Å². The molecule has 0 spiro atoms. The molecule has 6 nitrogen and oxygen atoms in total. The minimum atomic E-state index is -0.541. The van der Waals surface area contributed by atoms with Gasteiger partial charge in [0.05, 0.1) is 0 Å². The van der Waals surface area contributed by atoms with Gasteiger partial charge in [-0.2, -0.15) is 0 Å². The van der Waals surface area contributed by atoms with Gasteiger partial charge in [0.1, 0.15) is 6.04 Å². The lowest BCUT2D eigenvalue weighted by Gasteiger charge is -2.30. The van der Waals surface area contributed by atoms with Crippen LogP contribution in [0.25, 0.3) is 0 Å². The van der Waals surface area contributed by atoms with E-state index in [1.165, 1.54) is 4.90 Å². The second-order valence-corrected chi connectivity index (χ2v) is 6.39. The lowest BCUT2D eigenvalue weighted by molar-refractivity contribution is -0.130. The van der Waals surface area contributed by atoms with Gasteiger partial charge in [-0.15, -0.1) is 0 Å². The molecule has 1 aromatic rings. The van der Waals surface area contributed by atoms with Gasteiger partial charge in [0, 0.05) is 46.0 Å². The SMILES string of the molecule is C[C@@H]1CN(C)c2ccccc2CN1C(=O)N[C@H](C)C(=O)N(C)C. The summed E-state index contributed by atoms with van der Waals surface area (Å²) in [5, 5.41) is 2.81. The molecule has 1 N–H and O–H groups in total.